The van der Waals surface area contributed by atoms with E-state index in [4.69, 9.17) is 4.42 Å². The number of pyridine rings is 1. The Bertz CT molecular complexity index is 1320. The van der Waals surface area contributed by atoms with Crippen molar-refractivity contribution >= 4 is 55.3 Å². The molecule has 1 aromatic carbocycles. The molecule has 174 valence electrons. The van der Waals surface area contributed by atoms with Crippen LogP contribution in [0.1, 0.15) is 61.0 Å². The molecule has 1 aliphatic rings. The maximum Gasteiger partial charge on any atom is 0.305 e. The Morgan fingerprint density at radius 2 is 1.79 bits per heavy atom. The largest absolute Gasteiger partial charge is 0.455 e. The van der Waals surface area contributed by atoms with Crippen LogP contribution in [-0.4, -0.2) is 28.4 Å². The van der Waals surface area contributed by atoms with Crippen LogP contribution in [0.25, 0.3) is 0 Å². The summed E-state index contributed by atoms with van der Waals surface area (Å²) < 4.78 is 7.10. The van der Waals surface area contributed by atoms with Crippen molar-refractivity contribution in [1.82, 2.24) is 21.3 Å². The van der Waals surface area contributed by atoms with Gasteiger partial charge in [-0.2, -0.15) is 5.10 Å². The Morgan fingerprint density at radius 1 is 1.03 bits per heavy atom. The van der Waals surface area contributed by atoms with Crippen molar-refractivity contribution < 1.29 is 18.8 Å². The van der Waals surface area contributed by atoms with Gasteiger partial charge >= 0.3 is 5.91 Å². The van der Waals surface area contributed by atoms with Gasteiger partial charge < -0.3 is 4.42 Å². The first-order chi connectivity index (χ1) is 16.3. The molecule has 0 saturated carbocycles. The molecule has 0 bridgehead atoms. The molecule has 0 radical (unpaired) electrons. The Labute approximate surface area is 211 Å². The summed E-state index contributed by atoms with van der Waals surface area (Å²) in [6.07, 6.45) is 5.03. The molecule has 0 aliphatic heterocycles. The third-order valence-electron chi connectivity index (χ3n) is 5.20. The SMILES string of the molecule is Cc1c(C(=O)NNC(=O)c2ccccc2Br)oc2c1/C(=N/NC(=O)c1cncc(Br)c1)CCC2. The highest BCUT2D eigenvalue weighted by atomic mass is 79.9. The summed E-state index contributed by atoms with van der Waals surface area (Å²) in [7, 11) is 0. The van der Waals surface area contributed by atoms with Crippen LogP contribution in [0.15, 0.2) is 61.2 Å². The van der Waals surface area contributed by atoms with Gasteiger partial charge in [0.25, 0.3) is 11.8 Å². The second-order valence-corrected chi connectivity index (χ2v) is 9.26. The summed E-state index contributed by atoms with van der Waals surface area (Å²) in [6.45, 7) is 1.74. The number of hydrazine groups is 1. The number of fused-ring (bicyclic) bond motifs is 1. The molecule has 11 heteroatoms. The molecular formula is C23H19Br2N5O4. The lowest BCUT2D eigenvalue weighted by Crippen LogP contribution is -2.41. The summed E-state index contributed by atoms with van der Waals surface area (Å²) in [5.41, 5.74) is 9.98. The topological polar surface area (TPSA) is 126 Å². The van der Waals surface area contributed by atoms with Crippen LogP contribution < -0.4 is 16.3 Å². The van der Waals surface area contributed by atoms with E-state index in [1.807, 2.05) is 0 Å². The number of carbonyl (C=O) groups excluding carboxylic acids is 3. The zero-order valence-electron chi connectivity index (χ0n) is 17.9. The number of hydrogen-bond acceptors (Lipinski definition) is 6. The zero-order chi connectivity index (χ0) is 24.2. The molecule has 2 heterocycles. The number of carbonyl (C=O) groups is 3. The van der Waals surface area contributed by atoms with Gasteiger partial charge in [-0.25, -0.2) is 5.43 Å². The number of benzene rings is 1. The van der Waals surface area contributed by atoms with E-state index < -0.39 is 17.7 Å². The molecule has 0 unspecified atom stereocenters. The van der Waals surface area contributed by atoms with Crippen LogP contribution in [-0.2, 0) is 6.42 Å². The summed E-state index contributed by atoms with van der Waals surface area (Å²) in [5, 5.41) is 4.29. The highest BCUT2D eigenvalue weighted by Gasteiger charge is 2.28. The first kappa shape index (κ1) is 23.8. The minimum absolute atomic E-state index is 0.0783. The van der Waals surface area contributed by atoms with Gasteiger partial charge in [0, 0.05) is 38.9 Å². The van der Waals surface area contributed by atoms with Gasteiger partial charge in [0.05, 0.1) is 16.8 Å². The van der Waals surface area contributed by atoms with Gasteiger partial charge in [-0.05, 0) is 69.8 Å². The van der Waals surface area contributed by atoms with E-state index in [2.05, 4.69) is 58.2 Å². The fraction of sp³-hybridized carbons (Fsp3) is 0.174. The van der Waals surface area contributed by atoms with E-state index in [1.165, 1.54) is 6.20 Å². The molecule has 0 saturated heterocycles. The number of nitrogens with one attached hydrogen (secondary N) is 3. The van der Waals surface area contributed by atoms with Gasteiger partial charge in [0.1, 0.15) is 5.76 Å². The van der Waals surface area contributed by atoms with Crippen LogP contribution in [0.3, 0.4) is 0 Å². The van der Waals surface area contributed by atoms with Crippen molar-refractivity contribution in [2.24, 2.45) is 5.10 Å². The lowest BCUT2D eigenvalue weighted by atomic mass is 9.93. The number of aryl methyl sites for hydroxylation is 1. The van der Waals surface area contributed by atoms with Crippen LogP contribution >= 0.6 is 31.9 Å². The number of furan rings is 1. The third-order valence-corrected chi connectivity index (χ3v) is 6.32. The van der Waals surface area contributed by atoms with Gasteiger partial charge in [-0.15, -0.1) is 0 Å². The molecule has 2 aromatic heterocycles. The molecule has 34 heavy (non-hydrogen) atoms. The predicted molar refractivity (Wildman–Crippen MR) is 131 cm³/mol. The summed E-state index contributed by atoms with van der Waals surface area (Å²) >= 11 is 6.59. The van der Waals surface area contributed by atoms with E-state index in [1.54, 1.807) is 43.5 Å². The normalized spacial score (nSPS) is 13.8. The van der Waals surface area contributed by atoms with Crippen molar-refractivity contribution in [2.45, 2.75) is 26.2 Å². The lowest BCUT2D eigenvalue weighted by Gasteiger charge is -2.13. The van der Waals surface area contributed by atoms with Crippen LogP contribution in [0.5, 0.6) is 0 Å². The molecule has 3 aromatic rings. The Morgan fingerprint density at radius 3 is 2.56 bits per heavy atom. The minimum atomic E-state index is -0.587. The van der Waals surface area contributed by atoms with Crippen LogP contribution in [0.4, 0.5) is 0 Å². The van der Waals surface area contributed by atoms with Crippen molar-refractivity contribution in [3.05, 3.63) is 85.4 Å². The Kier molecular flexibility index (Phi) is 7.23. The average Bonchev–Trinajstić information content (AvgIpc) is 3.18. The first-order valence-corrected chi connectivity index (χ1v) is 11.9. The van der Waals surface area contributed by atoms with Gasteiger partial charge in [-0.3, -0.25) is 30.2 Å². The number of hydrogen-bond donors (Lipinski definition) is 3. The van der Waals surface area contributed by atoms with Crippen LogP contribution in [0.2, 0.25) is 0 Å². The van der Waals surface area contributed by atoms with Crippen molar-refractivity contribution in [2.75, 3.05) is 0 Å². The highest BCUT2D eigenvalue weighted by molar-refractivity contribution is 9.10. The quantitative estimate of drug-likeness (QED) is 0.396. The smallest absolute Gasteiger partial charge is 0.305 e. The van der Waals surface area contributed by atoms with E-state index >= 15 is 0 Å². The molecule has 0 atom stereocenters. The summed E-state index contributed by atoms with van der Waals surface area (Å²) in [4.78, 5) is 41.5. The molecule has 0 fully saturated rings. The average molecular weight is 589 g/mol. The number of amides is 3. The molecule has 3 N–H and O–H groups in total. The van der Waals surface area contributed by atoms with Crippen molar-refractivity contribution in [3.63, 3.8) is 0 Å². The van der Waals surface area contributed by atoms with E-state index in [9.17, 15) is 14.4 Å². The van der Waals surface area contributed by atoms with E-state index in [0.29, 0.717) is 55.5 Å². The third kappa shape index (κ3) is 5.10. The van der Waals surface area contributed by atoms with Crippen molar-refractivity contribution in [1.29, 1.82) is 0 Å². The van der Waals surface area contributed by atoms with E-state index in [-0.39, 0.29) is 5.76 Å². The molecule has 9 nitrogen and oxygen atoms in total. The second kappa shape index (κ2) is 10.3. The lowest BCUT2D eigenvalue weighted by molar-refractivity contribution is 0.0829. The highest BCUT2D eigenvalue weighted by Crippen LogP contribution is 2.30. The maximum atomic E-state index is 12.7. The summed E-state index contributed by atoms with van der Waals surface area (Å²) in [6, 6.07) is 8.51. The molecular weight excluding hydrogens is 570 g/mol. The van der Waals surface area contributed by atoms with Gasteiger partial charge in [0.15, 0.2) is 5.76 Å². The van der Waals surface area contributed by atoms with E-state index in [0.717, 1.165) is 6.42 Å². The number of nitrogens with zero attached hydrogens (tertiary/aromatic N) is 2. The number of rotatable bonds is 4. The Hall–Kier alpha value is -3.31. The maximum absolute atomic E-state index is 12.7. The molecule has 4 rings (SSSR count). The monoisotopic (exact) mass is 587 g/mol. The second-order valence-electron chi connectivity index (χ2n) is 7.49. The molecule has 3 amide bonds. The van der Waals surface area contributed by atoms with Crippen LogP contribution in [0, 0.1) is 6.92 Å². The fourth-order valence-electron chi connectivity index (χ4n) is 3.60. The number of halogens is 2. The number of aromatic nitrogens is 1. The fourth-order valence-corrected chi connectivity index (χ4v) is 4.43. The zero-order valence-corrected chi connectivity index (χ0v) is 21.1. The first-order valence-electron chi connectivity index (χ1n) is 10.3. The minimum Gasteiger partial charge on any atom is -0.455 e. The number of hydrazone groups is 1. The molecule has 1 aliphatic carbocycles. The van der Waals surface area contributed by atoms with Gasteiger partial charge in [0.2, 0.25) is 0 Å². The van der Waals surface area contributed by atoms with Crippen molar-refractivity contribution in [3.8, 4) is 0 Å². The predicted octanol–water partition coefficient (Wildman–Crippen LogP) is 4.05. The van der Waals surface area contributed by atoms with Gasteiger partial charge in [-0.1, -0.05) is 12.1 Å². The Balaban J connectivity index is 1.49. The standard InChI is InChI=1S/C23H19Br2N5O4/c1-12-19-17(27-28-21(31)13-9-14(24)11-26-10-13)7-4-8-18(19)34-20(12)23(33)30-29-22(32)15-5-2-3-6-16(15)25/h2-3,5-6,9-11H,4,7-8H2,1H3,(H,28,31)(H,29,32)(H,30,33)/b27-17+. The molecule has 0 spiro atoms. The summed E-state index contributed by atoms with van der Waals surface area (Å²) in [5.74, 6) is -0.766.